The van der Waals surface area contributed by atoms with E-state index in [4.69, 9.17) is 0 Å². The molecule has 0 amide bonds. The highest BCUT2D eigenvalue weighted by Gasteiger charge is 2.34. The molecular weight excluding hydrogens is 332 g/mol. The first-order chi connectivity index (χ1) is 10.9. The van der Waals surface area contributed by atoms with Crippen molar-refractivity contribution in [3.05, 3.63) is 40.9 Å². The van der Waals surface area contributed by atoms with Crippen molar-refractivity contribution in [2.45, 2.75) is 12.7 Å². The van der Waals surface area contributed by atoms with E-state index in [1.807, 2.05) is 4.90 Å². The van der Waals surface area contributed by atoms with Crippen LogP contribution in [-0.2, 0) is 12.7 Å². The van der Waals surface area contributed by atoms with E-state index in [9.17, 15) is 17.6 Å². The predicted molar refractivity (Wildman–Crippen MR) is 78.8 cm³/mol. The smallest absolute Gasteiger partial charge is 0.346 e. The summed E-state index contributed by atoms with van der Waals surface area (Å²) in [6, 6.07) is 1.44. The number of piperazine rings is 1. The number of aromatic nitrogens is 2. The summed E-state index contributed by atoms with van der Waals surface area (Å²) in [5, 5.41) is 1.43. The molecule has 2 aromatic rings. The van der Waals surface area contributed by atoms with Crippen molar-refractivity contribution in [3.8, 4) is 0 Å². The SMILES string of the molecule is Fc1cncc(CN2CCN(c3nc(C(F)(F)F)cs3)CC2)c1. The van der Waals surface area contributed by atoms with Crippen molar-refractivity contribution in [3.63, 3.8) is 0 Å². The number of rotatable bonds is 3. The highest BCUT2D eigenvalue weighted by Crippen LogP contribution is 2.33. The van der Waals surface area contributed by atoms with Crippen LogP contribution < -0.4 is 4.90 Å². The Kier molecular flexibility index (Phi) is 4.49. The molecule has 0 saturated carbocycles. The molecule has 1 aliphatic heterocycles. The molecule has 0 aromatic carbocycles. The van der Waals surface area contributed by atoms with E-state index in [-0.39, 0.29) is 5.82 Å². The number of anilines is 1. The maximum Gasteiger partial charge on any atom is 0.434 e. The quantitative estimate of drug-likeness (QED) is 0.800. The molecule has 2 aromatic heterocycles. The fourth-order valence-electron chi connectivity index (χ4n) is 2.44. The Hall–Kier alpha value is -1.74. The number of thiazole rings is 1. The first-order valence-electron chi connectivity index (χ1n) is 7.01. The zero-order valence-corrected chi connectivity index (χ0v) is 12.9. The zero-order chi connectivity index (χ0) is 16.4. The van der Waals surface area contributed by atoms with Gasteiger partial charge in [0.1, 0.15) is 5.82 Å². The van der Waals surface area contributed by atoms with Gasteiger partial charge in [0, 0.05) is 44.3 Å². The molecule has 1 saturated heterocycles. The van der Waals surface area contributed by atoms with Crippen LogP contribution in [0.15, 0.2) is 23.8 Å². The number of halogens is 4. The largest absolute Gasteiger partial charge is 0.434 e. The second kappa shape index (κ2) is 6.40. The lowest BCUT2D eigenvalue weighted by Crippen LogP contribution is -2.46. The Labute approximate surface area is 134 Å². The maximum atomic E-state index is 13.1. The summed E-state index contributed by atoms with van der Waals surface area (Å²) in [6.07, 6.45) is -1.63. The molecule has 3 heterocycles. The second-order valence-corrected chi connectivity index (χ2v) is 6.12. The summed E-state index contributed by atoms with van der Waals surface area (Å²) in [7, 11) is 0. The second-order valence-electron chi connectivity index (χ2n) is 5.29. The summed E-state index contributed by atoms with van der Waals surface area (Å²) in [6.45, 7) is 3.11. The van der Waals surface area contributed by atoms with E-state index in [1.54, 1.807) is 6.20 Å². The number of hydrogen-bond donors (Lipinski definition) is 0. The van der Waals surface area contributed by atoms with E-state index in [0.29, 0.717) is 37.9 Å². The molecule has 0 unspecified atom stereocenters. The molecular formula is C14H14F4N4S. The van der Waals surface area contributed by atoms with Gasteiger partial charge in [0.05, 0.1) is 6.20 Å². The minimum atomic E-state index is -4.40. The number of hydrogen-bond acceptors (Lipinski definition) is 5. The number of alkyl halides is 3. The number of pyridine rings is 1. The normalized spacial score (nSPS) is 16.8. The molecule has 23 heavy (non-hydrogen) atoms. The van der Waals surface area contributed by atoms with Crippen molar-refractivity contribution in [2.24, 2.45) is 0 Å². The molecule has 3 rings (SSSR count). The van der Waals surface area contributed by atoms with Crippen LogP contribution in [0.4, 0.5) is 22.7 Å². The summed E-state index contributed by atoms with van der Waals surface area (Å²) < 4.78 is 50.9. The van der Waals surface area contributed by atoms with Gasteiger partial charge < -0.3 is 4.90 Å². The third kappa shape index (κ3) is 3.97. The summed E-state index contributed by atoms with van der Waals surface area (Å²) >= 11 is 1.01. The van der Waals surface area contributed by atoms with Crippen molar-refractivity contribution in [1.82, 2.24) is 14.9 Å². The molecule has 0 aliphatic carbocycles. The van der Waals surface area contributed by atoms with Gasteiger partial charge in [-0.3, -0.25) is 9.88 Å². The van der Waals surface area contributed by atoms with Crippen LogP contribution in [-0.4, -0.2) is 41.0 Å². The maximum absolute atomic E-state index is 13.1. The average Bonchev–Trinajstić information content (AvgIpc) is 2.98. The Bertz CT molecular complexity index is 665. The van der Waals surface area contributed by atoms with Gasteiger partial charge in [-0.05, 0) is 11.6 Å². The molecule has 0 N–H and O–H groups in total. The highest BCUT2D eigenvalue weighted by molar-refractivity contribution is 7.13. The van der Waals surface area contributed by atoms with Gasteiger partial charge in [-0.2, -0.15) is 13.2 Å². The molecule has 9 heteroatoms. The Morgan fingerprint density at radius 1 is 1.13 bits per heavy atom. The molecule has 1 aliphatic rings. The van der Waals surface area contributed by atoms with Gasteiger partial charge in [-0.15, -0.1) is 11.3 Å². The van der Waals surface area contributed by atoms with Crippen LogP contribution in [0.2, 0.25) is 0 Å². The summed E-state index contributed by atoms with van der Waals surface area (Å²) in [5.74, 6) is -0.372. The Morgan fingerprint density at radius 3 is 2.48 bits per heavy atom. The van der Waals surface area contributed by atoms with Crippen molar-refractivity contribution in [1.29, 1.82) is 0 Å². The molecule has 124 valence electrons. The van der Waals surface area contributed by atoms with Crippen LogP contribution in [0.3, 0.4) is 0 Å². The molecule has 0 atom stereocenters. The molecule has 0 bridgehead atoms. The first-order valence-corrected chi connectivity index (χ1v) is 7.89. The third-order valence-corrected chi connectivity index (χ3v) is 4.49. The first kappa shape index (κ1) is 16.1. The van der Waals surface area contributed by atoms with Gasteiger partial charge in [-0.1, -0.05) is 0 Å². The van der Waals surface area contributed by atoms with E-state index < -0.39 is 11.9 Å². The van der Waals surface area contributed by atoms with E-state index in [0.717, 1.165) is 28.5 Å². The van der Waals surface area contributed by atoms with Crippen LogP contribution in [0.25, 0.3) is 0 Å². The lowest BCUT2D eigenvalue weighted by atomic mass is 10.2. The van der Waals surface area contributed by atoms with E-state index in [1.165, 1.54) is 6.07 Å². The van der Waals surface area contributed by atoms with Gasteiger partial charge >= 0.3 is 6.18 Å². The summed E-state index contributed by atoms with van der Waals surface area (Å²) in [4.78, 5) is 11.4. The van der Waals surface area contributed by atoms with Crippen LogP contribution in [0.5, 0.6) is 0 Å². The third-order valence-electron chi connectivity index (χ3n) is 3.59. The lowest BCUT2D eigenvalue weighted by Gasteiger charge is -2.34. The molecule has 4 nitrogen and oxygen atoms in total. The minimum absolute atomic E-state index is 0.372. The van der Waals surface area contributed by atoms with Crippen molar-refractivity contribution < 1.29 is 17.6 Å². The molecule has 1 fully saturated rings. The van der Waals surface area contributed by atoms with Crippen molar-refractivity contribution >= 4 is 16.5 Å². The number of nitrogens with zero attached hydrogens (tertiary/aromatic N) is 4. The van der Waals surface area contributed by atoms with E-state index in [2.05, 4.69) is 14.9 Å². The van der Waals surface area contributed by atoms with Crippen LogP contribution >= 0.6 is 11.3 Å². The van der Waals surface area contributed by atoms with Gasteiger partial charge in [0.2, 0.25) is 0 Å². The van der Waals surface area contributed by atoms with Crippen LogP contribution in [0.1, 0.15) is 11.3 Å². The van der Waals surface area contributed by atoms with Gasteiger partial charge in [-0.25, -0.2) is 9.37 Å². The van der Waals surface area contributed by atoms with Crippen molar-refractivity contribution in [2.75, 3.05) is 31.1 Å². The Balaban J connectivity index is 1.57. The Morgan fingerprint density at radius 2 is 1.87 bits per heavy atom. The minimum Gasteiger partial charge on any atom is -0.346 e. The fourth-order valence-corrected chi connectivity index (χ4v) is 3.32. The van der Waals surface area contributed by atoms with E-state index >= 15 is 0 Å². The fraction of sp³-hybridized carbons (Fsp3) is 0.429. The van der Waals surface area contributed by atoms with Crippen LogP contribution in [0, 0.1) is 5.82 Å². The average molecular weight is 346 g/mol. The monoisotopic (exact) mass is 346 g/mol. The topological polar surface area (TPSA) is 32.3 Å². The highest BCUT2D eigenvalue weighted by atomic mass is 32.1. The van der Waals surface area contributed by atoms with Gasteiger partial charge in [0.25, 0.3) is 0 Å². The zero-order valence-electron chi connectivity index (χ0n) is 12.1. The molecule has 0 radical (unpaired) electrons. The predicted octanol–water partition coefficient (Wildman–Crippen LogP) is 3.02. The summed E-state index contributed by atoms with van der Waals surface area (Å²) in [5.41, 5.74) is -0.0576. The molecule has 0 spiro atoms. The standard InChI is InChI=1S/C14H14F4N4S/c15-11-5-10(6-19-7-11)8-21-1-3-22(4-2-21)13-20-12(9-23-13)14(16,17)18/h5-7,9H,1-4,8H2. The van der Waals surface area contributed by atoms with Gasteiger partial charge in [0.15, 0.2) is 10.8 Å². The lowest BCUT2D eigenvalue weighted by molar-refractivity contribution is -0.140.